The van der Waals surface area contributed by atoms with E-state index in [0.29, 0.717) is 23.7 Å². The molecule has 184 valence electrons. The number of methoxy groups -OCH3 is 2. The summed E-state index contributed by atoms with van der Waals surface area (Å²) in [5.74, 6) is 0.471. The molecule has 3 aromatic rings. The van der Waals surface area contributed by atoms with Gasteiger partial charge < -0.3 is 14.2 Å². The number of carbonyl (C=O) groups is 1. The van der Waals surface area contributed by atoms with E-state index in [-0.39, 0.29) is 10.6 Å². The molecule has 0 aliphatic rings. The predicted molar refractivity (Wildman–Crippen MR) is 132 cm³/mol. The molecule has 9 nitrogen and oxygen atoms in total. The number of rotatable bonds is 11. The van der Waals surface area contributed by atoms with E-state index in [1.807, 2.05) is 42.5 Å². The quantitative estimate of drug-likeness (QED) is 0.322. The van der Waals surface area contributed by atoms with E-state index < -0.39 is 22.5 Å². The smallest absolute Gasteiger partial charge is 0.255 e. The third-order valence-electron chi connectivity index (χ3n) is 4.97. The molecule has 0 aromatic heterocycles. The summed E-state index contributed by atoms with van der Waals surface area (Å²) in [5, 5.41) is 3.96. The maximum absolute atomic E-state index is 13.0. The molecule has 35 heavy (non-hydrogen) atoms. The Labute approximate surface area is 205 Å². The Hall–Kier alpha value is -3.89. The second kappa shape index (κ2) is 12.0. The van der Waals surface area contributed by atoms with Gasteiger partial charge in [-0.15, -0.1) is 0 Å². The first-order valence-corrected chi connectivity index (χ1v) is 12.0. The fourth-order valence-corrected chi connectivity index (χ4v) is 4.40. The minimum atomic E-state index is -4.03. The minimum absolute atomic E-state index is 0.109. The van der Waals surface area contributed by atoms with E-state index in [4.69, 9.17) is 14.2 Å². The molecule has 0 unspecified atom stereocenters. The molecule has 0 radical (unpaired) electrons. The van der Waals surface area contributed by atoms with E-state index in [0.717, 1.165) is 9.87 Å². The van der Waals surface area contributed by atoms with Crippen LogP contribution in [0, 0.1) is 0 Å². The number of hydrazone groups is 1. The first kappa shape index (κ1) is 25.7. The predicted octanol–water partition coefficient (Wildman–Crippen LogP) is 3.05. The topological polar surface area (TPSA) is 107 Å². The highest BCUT2D eigenvalue weighted by atomic mass is 32.2. The largest absolute Gasteiger partial charge is 0.497 e. The molecule has 0 aliphatic heterocycles. The zero-order valence-corrected chi connectivity index (χ0v) is 20.5. The van der Waals surface area contributed by atoms with Crippen molar-refractivity contribution >= 4 is 22.1 Å². The minimum Gasteiger partial charge on any atom is -0.497 e. The number of carbonyl (C=O) groups excluding carboxylic acids is 1. The Morgan fingerprint density at radius 2 is 1.69 bits per heavy atom. The van der Waals surface area contributed by atoms with Gasteiger partial charge in [-0.2, -0.15) is 9.41 Å². The first-order valence-electron chi connectivity index (χ1n) is 10.6. The summed E-state index contributed by atoms with van der Waals surface area (Å²) in [6, 6.07) is 21.4. The summed E-state index contributed by atoms with van der Waals surface area (Å²) in [6.07, 6.45) is 1.44. The van der Waals surface area contributed by atoms with Crippen LogP contribution >= 0.6 is 0 Å². The molecular formula is C25H27N3O6S. The Balaban J connectivity index is 1.63. The number of amides is 1. The second-order valence-electron chi connectivity index (χ2n) is 7.38. The van der Waals surface area contributed by atoms with Crippen molar-refractivity contribution in [1.29, 1.82) is 0 Å². The SMILES string of the molecule is COc1ccc(OC)c(S(=O)(=O)N(C)CC(=O)NN=Cc2ccccc2OCc2ccccc2)c1. The van der Waals surface area contributed by atoms with Crippen LogP contribution < -0.4 is 19.6 Å². The lowest BCUT2D eigenvalue weighted by molar-refractivity contribution is -0.121. The Morgan fingerprint density at radius 3 is 2.40 bits per heavy atom. The molecule has 3 rings (SSSR count). The Bertz CT molecular complexity index is 1280. The van der Waals surface area contributed by atoms with Crippen molar-refractivity contribution in [1.82, 2.24) is 9.73 Å². The van der Waals surface area contributed by atoms with Crippen molar-refractivity contribution in [3.63, 3.8) is 0 Å². The van der Waals surface area contributed by atoms with Crippen molar-refractivity contribution in [2.24, 2.45) is 5.10 Å². The fourth-order valence-electron chi connectivity index (χ4n) is 3.10. The number of nitrogens with one attached hydrogen (secondary N) is 1. The number of nitrogens with zero attached hydrogens (tertiary/aromatic N) is 2. The molecule has 1 N–H and O–H groups in total. The zero-order chi connectivity index (χ0) is 25.3. The van der Waals surface area contributed by atoms with Crippen LogP contribution in [0.4, 0.5) is 0 Å². The number of sulfonamides is 1. The van der Waals surface area contributed by atoms with Crippen LogP contribution in [0.1, 0.15) is 11.1 Å². The molecule has 0 atom stereocenters. The van der Waals surface area contributed by atoms with Gasteiger partial charge in [0, 0.05) is 18.7 Å². The van der Waals surface area contributed by atoms with Gasteiger partial charge in [0.1, 0.15) is 28.8 Å². The van der Waals surface area contributed by atoms with Gasteiger partial charge in [-0.3, -0.25) is 4.79 Å². The van der Waals surface area contributed by atoms with Crippen LogP contribution in [-0.4, -0.2) is 52.7 Å². The van der Waals surface area contributed by atoms with Crippen LogP contribution in [0.3, 0.4) is 0 Å². The van der Waals surface area contributed by atoms with E-state index >= 15 is 0 Å². The molecule has 0 saturated carbocycles. The van der Waals surface area contributed by atoms with Gasteiger partial charge in [0.15, 0.2) is 0 Å². The number of para-hydroxylation sites is 1. The maximum atomic E-state index is 13.0. The van der Waals surface area contributed by atoms with Gasteiger partial charge in [0.2, 0.25) is 10.0 Å². The van der Waals surface area contributed by atoms with Crippen molar-refractivity contribution in [2.45, 2.75) is 11.5 Å². The van der Waals surface area contributed by atoms with Crippen molar-refractivity contribution < 1.29 is 27.4 Å². The van der Waals surface area contributed by atoms with Gasteiger partial charge in [-0.05, 0) is 29.8 Å². The van der Waals surface area contributed by atoms with E-state index in [9.17, 15) is 13.2 Å². The number of hydrogen-bond acceptors (Lipinski definition) is 7. The highest BCUT2D eigenvalue weighted by molar-refractivity contribution is 7.89. The highest BCUT2D eigenvalue weighted by Gasteiger charge is 2.27. The molecule has 0 aliphatic carbocycles. The fraction of sp³-hybridized carbons (Fsp3) is 0.200. The van der Waals surface area contributed by atoms with E-state index in [1.54, 1.807) is 18.2 Å². The van der Waals surface area contributed by atoms with Gasteiger partial charge in [0.05, 0.1) is 27.0 Å². The Kier molecular flexibility index (Phi) is 8.82. The van der Waals surface area contributed by atoms with Crippen LogP contribution in [0.5, 0.6) is 17.2 Å². The molecule has 0 saturated heterocycles. The lowest BCUT2D eigenvalue weighted by Gasteiger charge is -2.18. The zero-order valence-electron chi connectivity index (χ0n) is 19.7. The molecule has 0 bridgehead atoms. The van der Waals surface area contributed by atoms with Crippen molar-refractivity contribution in [3.05, 3.63) is 83.9 Å². The van der Waals surface area contributed by atoms with Crippen LogP contribution in [0.15, 0.2) is 82.8 Å². The molecule has 0 fully saturated rings. The lowest BCUT2D eigenvalue weighted by Crippen LogP contribution is -2.36. The Morgan fingerprint density at radius 1 is 0.971 bits per heavy atom. The van der Waals surface area contributed by atoms with E-state index in [2.05, 4.69) is 10.5 Å². The van der Waals surface area contributed by atoms with Crippen LogP contribution in [-0.2, 0) is 21.4 Å². The first-order chi connectivity index (χ1) is 16.8. The third kappa shape index (κ3) is 6.81. The summed E-state index contributed by atoms with van der Waals surface area (Å²) in [5.41, 5.74) is 4.03. The molecule has 3 aromatic carbocycles. The van der Waals surface area contributed by atoms with Gasteiger partial charge >= 0.3 is 0 Å². The normalized spacial score (nSPS) is 11.4. The highest BCUT2D eigenvalue weighted by Crippen LogP contribution is 2.30. The van der Waals surface area contributed by atoms with Crippen LogP contribution in [0.2, 0.25) is 0 Å². The number of likely N-dealkylation sites (N-methyl/N-ethyl adjacent to an activating group) is 1. The summed E-state index contributed by atoms with van der Waals surface area (Å²) in [6.45, 7) is -0.0688. The van der Waals surface area contributed by atoms with Gasteiger partial charge in [-0.25, -0.2) is 13.8 Å². The molecule has 1 amide bonds. The molecular weight excluding hydrogens is 470 g/mol. The molecule has 0 spiro atoms. The summed E-state index contributed by atoms with van der Waals surface area (Å²) in [4.78, 5) is 12.3. The second-order valence-corrected chi connectivity index (χ2v) is 9.40. The number of ether oxygens (including phenoxy) is 3. The van der Waals surface area contributed by atoms with Crippen molar-refractivity contribution in [3.8, 4) is 17.2 Å². The third-order valence-corrected chi connectivity index (χ3v) is 6.80. The number of benzene rings is 3. The standard InChI is InChI=1S/C25H27N3O6S/c1-28(35(30,31)24-15-21(32-2)13-14-23(24)33-3)17-25(29)27-26-16-20-11-7-8-12-22(20)34-18-19-9-5-4-6-10-19/h4-16H,17-18H2,1-3H3,(H,27,29). The summed E-state index contributed by atoms with van der Waals surface area (Å²) < 4.78 is 43.0. The average Bonchev–Trinajstić information content (AvgIpc) is 2.88. The monoisotopic (exact) mass is 497 g/mol. The summed E-state index contributed by atoms with van der Waals surface area (Å²) in [7, 11) is 0.0580. The molecule has 10 heteroatoms. The summed E-state index contributed by atoms with van der Waals surface area (Å²) >= 11 is 0. The van der Waals surface area contributed by atoms with Gasteiger partial charge in [0.25, 0.3) is 5.91 Å². The molecule has 0 heterocycles. The average molecular weight is 498 g/mol. The number of hydrogen-bond donors (Lipinski definition) is 1. The van der Waals surface area contributed by atoms with E-state index in [1.165, 1.54) is 39.6 Å². The lowest BCUT2D eigenvalue weighted by atomic mass is 10.2. The maximum Gasteiger partial charge on any atom is 0.255 e. The van der Waals surface area contributed by atoms with Crippen molar-refractivity contribution in [2.75, 3.05) is 27.8 Å². The van der Waals surface area contributed by atoms with Gasteiger partial charge in [-0.1, -0.05) is 42.5 Å². The van der Waals surface area contributed by atoms with Crippen LogP contribution in [0.25, 0.3) is 0 Å².